The number of ether oxygens (including phenoxy) is 1. The van der Waals surface area contributed by atoms with Crippen molar-refractivity contribution >= 4 is 5.97 Å². The van der Waals surface area contributed by atoms with Crippen LogP contribution < -0.4 is 0 Å². The van der Waals surface area contributed by atoms with Crippen LogP contribution in [0.2, 0.25) is 0 Å². The average Bonchev–Trinajstić information content (AvgIpc) is 2.37. The first-order chi connectivity index (χ1) is 8.06. The van der Waals surface area contributed by atoms with Gasteiger partial charge in [-0.25, -0.2) is 4.79 Å². The molecule has 0 spiro atoms. The van der Waals surface area contributed by atoms with Gasteiger partial charge in [-0.1, -0.05) is 27.7 Å². The minimum Gasteiger partial charge on any atom is -0.508 e. The predicted octanol–water partition coefficient (Wildman–Crippen LogP) is 3.85. The molecule has 0 amide bonds. The molecule has 0 saturated carbocycles. The van der Waals surface area contributed by atoms with E-state index in [1.807, 2.05) is 27.7 Å². The van der Waals surface area contributed by atoms with Gasteiger partial charge in [0, 0.05) is 0 Å². The van der Waals surface area contributed by atoms with Crippen LogP contribution in [0.4, 0.5) is 0 Å². The Kier molecular flexibility index (Phi) is 10.2. The Morgan fingerprint density at radius 2 is 1.53 bits per heavy atom. The zero-order valence-electron chi connectivity index (χ0n) is 11.9. The molecule has 17 heavy (non-hydrogen) atoms. The molecular formula is C14H24O3. The molecule has 0 aromatic heterocycles. The van der Waals surface area contributed by atoms with E-state index in [1.54, 1.807) is 26.0 Å². The van der Waals surface area contributed by atoms with E-state index in [9.17, 15) is 9.90 Å². The van der Waals surface area contributed by atoms with Crippen LogP contribution in [-0.2, 0) is 4.74 Å². The third kappa shape index (κ3) is 5.38. The Hall–Kier alpha value is -1.51. The summed E-state index contributed by atoms with van der Waals surface area (Å²) in [4.78, 5) is 11.2. The molecule has 0 atom stereocenters. The molecule has 0 heterocycles. The number of esters is 1. The van der Waals surface area contributed by atoms with Crippen molar-refractivity contribution in [1.82, 2.24) is 0 Å². The van der Waals surface area contributed by atoms with Gasteiger partial charge in [0.2, 0.25) is 0 Å². The van der Waals surface area contributed by atoms with Gasteiger partial charge in [-0.05, 0) is 37.1 Å². The smallest absolute Gasteiger partial charge is 0.338 e. The summed E-state index contributed by atoms with van der Waals surface area (Å²) >= 11 is 0. The van der Waals surface area contributed by atoms with Crippen molar-refractivity contribution in [3.8, 4) is 5.75 Å². The minimum atomic E-state index is -0.374. The maximum Gasteiger partial charge on any atom is 0.338 e. The molecule has 98 valence electrons. The first kappa shape index (κ1) is 17.9. The van der Waals surface area contributed by atoms with E-state index < -0.39 is 0 Å². The van der Waals surface area contributed by atoms with Gasteiger partial charge in [-0.15, -0.1) is 0 Å². The van der Waals surface area contributed by atoms with Crippen LogP contribution in [0.1, 0.15) is 49.2 Å². The number of phenolic OH excluding ortho intramolecular Hbond substituents is 1. The van der Waals surface area contributed by atoms with Gasteiger partial charge in [-0.3, -0.25) is 0 Å². The number of carbonyl (C=O) groups is 1. The molecule has 1 aromatic carbocycles. The maximum atomic E-state index is 11.2. The van der Waals surface area contributed by atoms with Crippen molar-refractivity contribution in [1.29, 1.82) is 0 Å². The second kappa shape index (κ2) is 9.70. The lowest BCUT2D eigenvalue weighted by Crippen LogP contribution is -2.04. The van der Waals surface area contributed by atoms with Gasteiger partial charge in [0.15, 0.2) is 0 Å². The van der Waals surface area contributed by atoms with Gasteiger partial charge < -0.3 is 9.84 Å². The van der Waals surface area contributed by atoms with E-state index in [-0.39, 0.29) is 11.7 Å². The Bertz CT molecular complexity index is 344. The Labute approximate surface area is 104 Å². The Morgan fingerprint density at radius 3 is 1.94 bits per heavy atom. The largest absolute Gasteiger partial charge is 0.508 e. The summed E-state index contributed by atoms with van der Waals surface area (Å²) in [5.41, 5.74) is 1.89. The Balaban J connectivity index is 0. The fourth-order valence-corrected chi connectivity index (χ4v) is 1.13. The molecule has 0 radical (unpaired) electrons. The SMILES string of the molecule is CC.CC.COC(=O)c1cc(C)c(O)cc1C. The summed E-state index contributed by atoms with van der Waals surface area (Å²) in [7, 11) is 1.34. The lowest BCUT2D eigenvalue weighted by molar-refractivity contribution is 0.0600. The van der Waals surface area contributed by atoms with Gasteiger partial charge in [0.05, 0.1) is 12.7 Å². The summed E-state index contributed by atoms with van der Waals surface area (Å²) in [5, 5.41) is 9.33. The third-order valence-corrected chi connectivity index (χ3v) is 1.95. The molecule has 1 aromatic rings. The standard InChI is InChI=1S/C10H12O3.2C2H6/c1-6-5-9(11)7(2)4-8(6)10(12)13-3;2*1-2/h4-5,11H,1-3H3;2*1-2H3. The van der Waals surface area contributed by atoms with Crippen molar-refractivity contribution in [2.45, 2.75) is 41.5 Å². The van der Waals surface area contributed by atoms with Crippen molar-refractivity contribution < 1.29 is 14.6 Å². The average molecular weight is 240 g/mol. The first-order valence-electron chi connectivity index (χ1n) is 5.94. The summed E-state index contributed by atoms with van der Waals surface area (Å²) in [6.45, 7) is 11.5. The normalized spacial score (nSPS) is 8.18. The van der Waals surface area contributed by atoms with Crippen molar-refractivity contribution in [2.75, 3.05) is 7.11 Å². The monoisotopic (exact) mass is 240 g/mol. The highest BCUT2D eigenvalue weighted by molar-refractivity contribution is 5.91. The molecule has 0 aliphatic heterocycles. The lowest BCUT2D eigenvalue weighted by Gasteiger charge is -2.06. The summed E-state index contributed by atoms with van der Waals surface area (Å²) < 4.78 is 4.59. The number of rotatable bonds is 1. The van der Waals surface area contributed by atoms with E-state index in [0.717, 1.165) is 5.56 Å². The van der Waals surface area contributed by atoms with Crippen LogP contribution in [0.15, 0.2) is 12.1 Å². The molecule has 3 heteroatoms. The second-order valence-electron chi connectivity index (χ2n) is 2.95. The highest BCUT2D eigenvalue weighted by Gasteiger charge is 2.10. The number of benzene rings is 1. The van der Waals surface area contributed by atoms with Crippen LogP contribution in [0, 0.1) is 13.8 Å². The number of phenols is 1. The molecule has 0 fully saturated rings. The summed E-state index contributed by atoms with van der Waals surface area (Å²) in [6.07, 6.45) is 0. The highest BCUT2D eigenvalue weighted by atomic mass is 16.5. The maximum absolute atomic E-state index is 11.2. The Morgan fingerprint density at radius 1 is 1.06 bits per heavy atom. The molecule has 0 aliphatic carbocycles. The van der Waals surface area contributed by atoms with E-state index in [1.165, 1.54) is 7.11 Å². The topological polar surface area (TPSA) is 46.5 Å². The quantitative estimate of drug-likeness (QED) is 0.758. The van der Waals surface area contributed by atoms with E-state index in [0.29, 0.717) is 11.1 Å². The molecule has 1 rings (SSSR count). The number of aromatic hydroxyl groups is 1. The fraction of sp³-hybridized carbons (Fsp3) is 0.500. The molecule has 3 nitrogen and oxygen atoms in total. The zero-order valence-corrected chi connectivity index (χ0v) is 11.9. The number of carbonyl (C=O) groups excluding carboxylic acids is 1. The van der Waals surface area contributed by atoms with Gasteiger partial charge in [0.1, 0.15) is 5.75 Å². The van der Waals surface area contributed by atoms with Crippen molar-refractivity contribution in [3.63, 3.8) is 0 Å². The van der Waals surface area contributed by atoms with Crippen LogP contribution >= 0.6 is 0 Å². The lowest BCUT2D eigenvalue weighted by atomic mass is 10.0. The summed E-state index contributed by atoms with van der Waals surface area (Å²) in [6, 6.07) is 3.18. The first-order valence-corrected chi connectivity index (χ1v) is 5.94. The van der Waals surface area contributed by atoms with Crippen LogP contribution in [0.25, 0.3) is 0 Å². The van der Waals surface area contributed by atoms with Gasteiger partial charge in [0.25, 0.3) is 0 Å². The number of aryl methyl sites for hydroxylation is 2. The molecular weight excluding hydrogens is 216 g/mol. The van der Waals surface area contributed by atoms with E-state index in [4.69, 9.17) is 0 Å². The molecule has 0 aliphatic rings. The van der Waals surface area contributed by atoms with Crippen molar-refractivity contribution in [3.05, 3.63) is 28.8 Å². The number of methoxy groups -OCH3 is 1. The number of hydrogen-bond donors (Lipinski definition) is 1. The molecule has 0 bridgehead atoms. The van der Waals surface area contributed by atoms with Crippen LogP contribution in [0.5, 0.6) is 5.75 Å². The van der Waals surface area contributed by atoms with Crippen LogP contribution in [0.3, 0.4) is 0 Å². The molecule has 0 saturated heterocycles. The predicted molar refractivity (Wildman–Crippen MR) is 71.6 cm³/mol. The number of hydrogen-bond acceptors (Lipinski definition) is 3. The second-order valence-corrected chi connectivity index (χ2v) is 2.95. The minimum absolute atomic E-state index is 0.199. The van der Waals surface area contributed by atoms with Crippen molar-refractivity contribution in [2.24, 2.45) is 0 Å². The van der Waals surface area contributed by atoms with Gasteiger partial charge >= 0.3 is 5.97 Å². The van der Waals surface area contributed by atoms with Gasteiger partial charge in [-0.2, -0.15) is 0 Å². The fourth-order valence-electron chi connectivity index (χ4n) is 1.13. The van der Waals surface area contributed by atoms with Crippen LogP contribution in [-0.4, -0.2) is 18.2 Å². The summed E-state index contributed by atoms with van der Waals surface area (Å²) in [5.74, 6) is -0.175. The molecule has 0 unspecified atom stereocenters. The van der Waals surface area contributed by atoms with E-state index in [2.05, 4.69) is 4.74 Å². The zero-order chi connectivity index (χ0) is 14.0. The van der Waals surface area contributed by atoms with E-state index >= 15 is 0 Å². The third-order valence-electron chi connectivity index (χ3n) is 1.95. The molecule has 1 N–H and O–H groups in total. The highest BCUT2D eigenvalue weighted by Crippen LogP contribution is 2.21.